The molecule has 522 valence electrons. The molecule has 7 N–H and O–H groups in total. The third kappa shape index (κ3) is 18.5. The molecule has 0 bridgehead atoms. The van der Waals surface area contributed by atoms with Gasteiger partial charge in [-0.1, -0.05) is 140 Å². The first-order valence-corrected chi connectivity index (χ1v) is 36.7. The third-order valence-corrected chi connectivity index (χ3v) is 21.6. The molecule has 4 aromatic carbocycles. The summed E-state index contributed by atoms with van der Waals surface area (Å²) in [6.45, 7) is 15.8. The molecule has 7 atom stereocenters. The maximum absolute atomic E-state index is 15.2. The molecule has 0 saturated carbocycles. The van der Waals surface area contributed by atoms with Gasteiger partial charge in [0.05, 0.1) is 33.1 Å². The molecule has 2 aromatic heterocycles. The molecule has 7 amide bonds. The van der Waals surface area contributed by atoms with Crippen LogP contribution in [-0.4, -0.2) is 139 Å². The summed E-state index contributed by atoms with van der Waals surface area (Å²) in [4.78, 5) is 128. The molecule has 2 fully saturated rings. The van der Waals surface area contributed by atoms with E-state index in [1.54, 1.807) is 44.2 Å². The van der Waals surface area contributed by atoms with Gasteiger partial charge in [0.15, 0.2) is 6.61 Å². The first kappa shape index (κ1) is 73.8. The highest BCUT2D eigenvalue weighted by Gasteiger charge is 2.51. The first-order chi connectivity index (χ1) is 45.9. The number of carbonyl (C=O) groups excluding carboxylic acids is 7. The van der Waals surface area contributed by atoms with Crippen molar-refractivity contribution in [2.75, 3.05) is 32.8 Å². The van der Waals surface area contributed by atoms with Crippen molar-refractivity contribution >= 4 is 81.7 Å². The van der Waals surface area contributed by atoms with Crippen LogP contribution in [-0.2, 0) is 52.0 Å². The lowest BCUT2D eigenvalue weighted by atomic mass is 9.83. The number of fused-ring (bicyclic) bond motifs is 2. The molecule has 4 unspecified atom stereocenters. The summed E-state index contributed by atoms with van der Waals surface area (Å²) in [6, 6.07) is 23.3. The van der Waals surface area contributed by atoms with E-state index in [0.717, 1.165) is 108 Å². The van der Waals surface area contributed by atoms with Gasteiger partial charge >= 0.3 is 13.3 Å². The fraction of sp³-hybridized carbons (Fsp3) is 0.500. The Morgan fingerprint density at radius 1 is 0.753 bits per heavy atom. The van der Waals surface area contributed by atoms with E-state index >= 15 is 4.79 Å². The Morgan fingerprint density at radius 3 is 2.09 bits per heavy atom. The summed E-state index contributed by atoms with van der Waals surface area (Å²) in [5.41, 5.74) is 0.331. The zero-order valence-electron chi connectivity index (χ0n) is 56.4. The standard InChI is InChI=1S/C72H91F2N8O12PS2/c1-44(46-24-26-48(27-25-46)62-45(2)76-43-96-62)77-65(86)56-38-54(83)41-82(56)68(89)63(70(3,4)5)78-60(84)23-17-12-10-9-11-13-18-32-75-61(85)42-94-55-30-28-49-36-57(67(88)80-33-19-22-50(39-80)47-20-15-14-16-21-47)81(40-52(49)35-55)69(90)64(71(6,7)8)79-66(87)59-37-51-34-53(29-31-58(51)97-59)72(73,74)95(91,92)93/h14-16,20-21,24-31,34-35,37,43-44,50,54,56-57,63-64,83H,9-13,17-19,22-23,32-33,36,38-42H2,1-8H3,(H,75,85)(H,77,86)(H,78,84)(H,79,87)(H2,91,92,93)/t44-,50?,54+,56-,57?,63?,64?/m0/s1. The summed E-state index contributed by atoms with van der Waals surface area (Å²) in [6.07, 6.45) is 7.04. The predicted octanol–water partition coefficient (Wildman–Crippen LogP) is 11.1. The lowest BCUT2D eigenvalue weighted by molar-refractivity contribution is -0.150. The summed E-state index contributed by atoms with van der Waals surface area (Å²) in [7, 11) is -5.86. The van der Waals surface area contributed by atoms with E-state index < -0.39 is 77.6 Å². The summed E-state index contributed by atoms with van der Waals surface area (Å²) in [5, 5.41) is 22.7. The molecule has 97 heavy (non-hydrogen) atoms. The van der Waals surface area contributed by atoms with Crippen LogP contribution in [0.2, 0.25) is 0 Å². The number of hydrogen-bond donors (Lipinski definition) is 7. The number of likely N-dealkylation sites (tertiary alicyclic amines) is 2. The second-order valence-corrected chi connectivity index (χ2v) is 31.7. The fourth-order valence-electron chi connectivity index (χ4n) is 13.0. The van der Waals surface area contributed by atoms with Crippen LogP contribution in [0.15, 0.2) is 103 Å². The third-order valence-electron chi connectivity index (χ3n) is 18.6. The van der Waals surface area contributed by atoms with Crippen molar-refractivity contribution in [1.82, 2.24) is 41.0 Å². The van der Waals surface area contributed by atoms with E-state index in [4.69, 9.17) is 4.74 Å². The number of alkyl halides is 2. The summed E-state index contributed by atoms with van der Waals surface area (Å²) in [5.74, 6) is -2.32. The van der Waals surface area contributed by atoms with Gasteiger partial charge in [0.25, 0.3) is 11.8 Å². The number of β-amino-alcohol motifs (C(OH)–C–C–N with tert-alkyl or cyclic N) is 1. The Kier molecular flexibility index (Phi) is 24.0. The van der Waals surface area contributed by atoms with Gasteiger partial charge in [-0.15, -0.1) is 22.7 Å². The number of aromatic nitrogens is 1. The molecule has 5 heterocycles. The molecule has 0 radical (unpaired) electrons. The topological polar surface area (TPSA) is 277 Å². The molecule has 3 aliphatic heterocycles. The maximum atomic E-state index is 15.2. The molecule has 0 aliphatic carbocycles. The van der Waals surface area contributed by atoms with Crippen molar-refractivity contribution in [2.24, 2.45) is 10.8 Å². The molecule has 9 rings (SSSR count). The van der Waals surface area contributed by atoms with E-state index in [1.165, 1.54) is 21.9 Å². The number of thiazole rings is 1. The fourth-order valence-corrected chi connectivity index (χ4v) is 15.2. The second kappa shape index (κ2) is 31.6. The van der Waals surface area contributed by atoms with Gasteiger partial charge < -0.3 is 55.6 Å². The molecule has 2 saturated heterocycles. The van der Waals surface area contributed by atoms with Crippen molar-refractivity contribution < 1.29 is 66.5 Å². The van der Waals surface area contributed by atoms with Crippen LogP contribution in [0.5, 0.6) is 5.75 Å². The average molecular weight is 1390 g/mol. The van der Waals surface area contributed by atoms with E-state index in [9.17, 15) is 57.0 Å². The van der Waals surface area contributed by atoms with Crippen LogP contribution in [0.1, 0.15) is 174 Å². The molecule has 25 heteroatoms. The number of aliphatic hydroxyl groups is 1. The molecular weight excluding hydrogens is 1300 g/mol. The lowest BCUT2D eigenvalue weighted by Gasteiger charge is -2.43. The number of aliphatic hydroxyl groups excluding tert-OH is 1. The highest BCUT2D eigenvalue weighted by molar-refractivity contribution is 7.52. The minimum Gasteiger partial charge on any atom is -0.484 e. The Bertz CT molecular complexity index is 3850. The highest BCUT2D eigenvalue weighted by atomic mass is 32.1. The Labute approximate surface area is 573 Å². The van der Waals surface area contributed by atoms with E-state index in [1.807, 2.05) is 106 Å². The summed E-state index contributed by atoms with van der Waals surface area (Å²) >= 11 is 2.53. The van der Waals surface area contributed by atoms with Crippen molar-refractivity contribution in [3.8, 4) is 16.2 Å². The maximum Gasteiger partial charge on any atom is 0.399 e. The second-order valence-electron chi connectivity index (χ2n) is 28.1. The average Bonchev–Trinajstić information content (AvgIpc) is 1.00. The van der Waals surface area contributed by atoms with Crippen LogP contribution in [0, 0.1) is 17.8 Å². The van der Waals surface area contributed by atoms with Crippen molar-refractivity contribution in [3.63, 3.8) is 0 Å². The van der Waals surface area contributed by atoms with Gasteiger partial charge in [-0.05, 0) is 114 Å². The SMILES string of the molecule is Cc1ncsc1-c1ccc([C@H](C)NC(=O)[C@@H]2C[C@@H](O)CN2C(=O)C(NC(=O)CCCCCCCCCNC(=O)COc2ccc3c(c2)CN(C(=O)C(NC(=O)c2cc4cc(C(F)(F)P(=O)(O)O)ccc4s2)C(C)(C)C)C(C(=O)N2CCCC(c4ccccc4)C2)C3)C(C)(C)C)cc1. The lowest BCUT2D eigenvalue weighted by Crippen LogP contribution is -2.61. The van der Waals surface area contributed by atoms with Gasteiger partial charge in [0.1, 0.15) is 29.9 Å². The van der Waals surface area contributed by atoms with Gasteiger partial charge in [0.2, 0.25) is 29.5 Å². The quantitative estimate of drug-likeness (QED) is 0.0197. The van der Waals surface area contributed by atoms with Gasteiger partial charge in [-0.25, -0.2) is 4.98 Å². The van der Waals surface area contributed by atoms with Gasteiger partial charge in [-0.3, -0.25) is 38.1 Å². The molecule has 20 nitrogen and oxygen atoms in total. The van der Waals surface area contributed by atoms with Gasteiger partial charge in [-0.2, -0.15) is 8.78 Å². The summed E-state index contributed by atoms with van der Waals surface area (Å²) < 4.78 is 47.5. The van der Waals surface area contributed by atoms with Crippen LogP contribution >= 0.6 is 30.3 Å². The smallest absolute Gasteiger partial charge is 0.399 e. The van der Waals surface area contributed by atoms with E-state index in [-0.39, 0.29) is 84.8 Å². The Morgan fingerprint density at radius 2 is 1.42 bits per heavy atom. The number of carbonyl (C=O) groups is 7. The number of benzene rings is 4. The van der Waals surface area contributed by atoms with Gasteiger partial charge in [0, 0.05) is 68.2 Å². The normalized spacial score (nSPS) is 18.6. The Hall–Kier alpha value is -7.47. The van der Waals surface area contributed by atoms with Crippen LogP contribution in [0.4, 0.5) is 8.78 Å². The number of nitrogens with zero attached hydrogens (tertiary/aromatic N) is 4. The number of unbranched alkanes of at least 4 members (excludes halogenated alkanes) is 6. The van der Waals surface area contributed by atoms with Crippen LogP contribution in [0.3, 0.4) is 0 Å². The Balaban J connectivity index is 0.729. The number of halogens is 2. The van der Waals surface area contributed by atoms with Crippen molar-refractivity contribution in [3.05, 3.63) is 141 Å². The molecule has 0 spiro atoms. The molecular formula is C72H91F2N8O12PS2. The van der Waals surface area contributed by atoms with E-state index in [2.05, 4.69) is 26.3 Å². The largest absolute Gasteiger partial charge is 0.484 e. The minimum absolute atomic E-state index is 0.0187. The van der Waals surface area contributed by atoms with Crippen molar-refractivity contribution in [2.45, 2.75) is 187 Å². The number of piperidine rings is 1. The molecule has 6 aromatic rings. The minimum atomic E-state index is -5.86. The van der Waals surface area contributed by atoms with Crippen LogP contribution in [0.25, 0.3) is 20.5 Å². The number of amides is 7. The highest BCUT2D eigenvalue weighted by Crippen LogP contribution is 2.59. The number of rotatable bonds is 26. The monoisotopic (exact) mass is 1390 g/mol. The van der Waals surface area contributed by atoms with E-state index in [0.29, 0.717) is 42.1 Å². The van der Waals surface area contributed by atoms with Crippen molar-refractivity contribution in [1.29, 1.82) is 0 Å². The number of aryl methyl sites for hydroxylation is 1. The molecule has 3 aliphatic rings. The predicted molar refractivity (Wildman–Crippen MR) is 370 cm³/mol. The zero-order valence-corrected chi connectivity index (χ0v) is 58.9. The first-order valence-electron chi connectivity index (χ1n) is 33.4. The number of thiophene rings is 1. The number of hydrogen-bond acceptors (Lipinski definition) is 13. The van der Waals surface area contributed by atoms with Crippen LogP contribution < -0.4 is 26.0 Å². The zero-order chi connectivity index (χ0) is 70.1. The number of ether oxygens (including phenoxy) is 1. The number of nitrogens with one attached hydrogen (secondary N) is 4.